The molecule has 2 fully saturated rings. The molecule has 5 nitrogen and oxygen atoms in total. The lowest BCUT2D eigenvalue weighted by atomic mass is 9.81. The summed E-state index contributed by atoms with van der Waals surface area (Å²) < 4.78 is 10.9. The van der Waals surface area contributed by atoms with Crippen molar-refractivity contribution in [2.75, 3.05) is 46.5 Å². The zero-order chi connectivity index (χ0) is 13.9. The maximum absolute atomic E-state index is 12.9. The van der Waals surface area contributed by atoms with Crippen LogP contribution in [-0.4, -0.2) is 62.9 Å². The lowest BCUT2D eigenvalue weighted by molar-refractivity contribution is -0.156. The van der Waals surface area contributed by atoms with Gasteiger partial charge in [-0.15, -0.1) is 0 Å². The Kier molecular flexibility index (Phi) is 4.48. The van der Waals surface area contributed by atoms with E-state index < -0.39 is 0 Å². The molecule has 0 radical (unpaired) electrons. The number of rotatable bonds is 4. The van der Waals surface area contributed by atoms with Crippen molar-refractivity contribution < 1.29 is 14.3 Å². The minimum atomic E-state index is -0.274. The van der Waals surface area contributed by atoms with E-state index in [-0.39, 0.29) is 16.9 Å². The monoisotopic (exact) mass is 270 g/mol. The van der Waals surface area contributed by atoms with Crippen LogP contribution < -0.4 is 5.32 Å². The van der Waals surface area contributed by atoms with E-state index in [4.69, 9.17) is 9.47 Å². The SMILES string of the molecule is COCCC1(C(=O)N2CCOC(C)(C)C2)CCNC1. The van der Waals surface area contributed by atoms with Gasteiger partial charge in [-0.1, -0.05) is 0 Å². The number of amides is 1. The van der Waals surface area contributed by atoms with Crippen molar-refractivity contribution in [1.82, 2.24) is 10.2 Å². The van der Waals surface area contributed by atoms with Crippen molar-refractivity contribution in [3.8, 4) is 0 Å². The number of nitrogens with one attached hydrogen (secondary N) is 1. The molecular formula is C14H26N2O3. The van der Waals surface area contributed by atoms with Gasteiger partial charge >= 0.3 is 0 Å². The van der Waals surface area contributed by atoms with Crippen molar-refractivity contribution in [1.29, 1.82) is 0 Å². The third kappa shape index (κ3) is 3.27. The van der Waals surface area contributed by atoms with Gasteiger partial charge in [0, 0.05) is 33.4 Å². The standard InChI is InChI=1S/C14H26N2O3/c1-13(2)11-16(7-9-19-13)12(17)14(5-8-18-3)4-6-15-10-14/h15H,4-11H2,1-3H3. The molecule has 0 aliphatic carbocycles. The summed E-state index contributed by atoms with van der Waals surface area (Å²) in [7, 11) is 1.69. The van der Waals surface area contributed by atoms with Crippen LogP contribution in [0.3, 0.4) is 0 Å². The molecule has 2 saturated heterocycles. The summed E-state index contributed by atoms with van der Waals surface area (Å²) in [5.41, 5.74) is -0.508. The highest BCUT2D eigenvalue weighted by Gasteiger charge is 2.45. The first-order valence-electron chi connectivity index (χ1n) is 7.12. The Balaban J connectivity index is 2.06. The quantitative estimate of drug-likeness (QED) is 0.814. The summed E-state index contributed by atoms with van der Waals surface area (Å²) in [4.78, 5) is 14.9. The van der Waals surface area contributed by atoms with Crippen LogP contribution in [0.4, 0.5) is 0 Å². The summed E-state index contributed by atoms with van der Waals surface area (Å²) in [6, 6.07) is 0. The third-order valence-electron chi connectivity index (χ3n) is 4.19. The van der Waals surface area contributed by atoms with Gasteiger partial charge in [0.15, 0.2) is 0 Å². The minimum Gasteiger partial charge on any atom is -0.385 e. The Morgan fingerprint density at radius 2 is 2.26 bits per heavy atom. The molecule has 0 aromatic rings. The summed E-state index contributed by atoms with van der Waals surface area (Å²) in [6.45, 7) is 8.43. The fraction of sp³-hybridized carbons (Fsp3) is 0.929. The Hall–Kier alpha value is -0.650. The lowest BCUT2D eigenvalue weighted by Gasteiger charge is -2.42. The summed E-state index contributed by atoms with van der Waals surface area (Å²) >= 11 is 0. The van der Waals surface area contributed by atoms with Gasteiger partial charge in [-0.3, -0.25) is 4.79 Å². The highest BCUT2D eigenvalue weighted by atomic mass is 16.5. The molecule has 0 saturated carbocycles. The number of hydrogen-bond donors (Lipinski definition) is 1. The molecule has 0 aromatic carbocycles. The molecule has 2 aliphatic rings. The van der Waals surface area contributed by atoms with Crippen LogP contribution in [0.5, 0.6) is 0 Å². The van der Waals surface area contributed by atoms with E-state index in [1.54, 1.807) is 7.11 Å². The number of carbonyl (C=O) groups excluding carboxylic acids is 1. The second-order valence-corrected chi connectivity index (χ2v) is 6.28. The number of ether oxygens (including phenoxy) is 2. The van der Waals surface area contributed by atoms with Crippen LogP contribution in [0.15, 0.2) is 0 Å². The molecule has 110 valence electrons. The maximum Gasteiger partial charge on any atom is 0.230 e. The van der Waals surface area contributed by atoms with Gasteiger partial charge in [0.05, 0.1) is 17.6 Å². The van der Waals surface area contributed by atoms with Crippen LogP contribution >= 0.6 is 0 Å². The second-order valence-electron chi connectivity index (χ2n) is 6.28. The maximum atomic E-state index is 12.9. The van der Waals surface area contributed by atoms with Crippen molar-refractivity contribution >= 4 is 5.91 Å². The average Bonchev–Trinajstić information content (AvgIpc) is 2.84. The molecule has 1 unspecified atom stereocenters. The van der Waals surface area contributed by atoms with E-state index in [9.17, 15) is 4.79 Å². The topological polar surface area (TPSA) is 50.8 Å². The lowest BCUT2D eigenvalue weighted by Crippen LogP contribution is -2.55. The molecule has 2 rings (SSSR count). The molecule has 19 heavy (non-hydrogen) atoms. The Morgan fingerprint density at radius 3 is 2.84 bits per heavy atom. The Morgan fingerprint density at radius 1 is 1.47 bits per heavy atom. The van der Waals surface area contributed by atoms with Crippen LogP contribution in [0.2, 0.25) is 0 Å². The summed E-state index contributed by atoms with van der Waals surface area (Å²) in [5, 5.41) is 3.33. The third-order valence-corrected chi connectivity index (χ3v) is 4.19. The normalized spacial score (nSPS) is 30.6. The molecule has 5 heteroatoms. The van der Waals surface area contributed by atoms with E-state index >= 15 is 0 Å². The van der Waals surface area contributed by atoms with E-state index in [0.29, 0.717) is 26.3 Å². The number of carbonyl (C=O) groups is 1. The van der Waals surface area contributed by atoms with Crippen molar-refractivity contribution in [3.63, 3.8) is 0 Å². The van der Waals surface area contributed by atoms with Crippen molar-refractivity contribution in [3.05, 3.63) is 0 Å². The zero-order valence-corrected chi connectivity index (χ0v) is 12.3. The summed E-state index contributed by atoms with van der Waals surface area (Å²) in [5.74, 6) is 0.269. The number of nitrogens with zero attached hydrogens (tertiary/aromatic N) is 1. The molecule has 0 aromatic heterocycles. The fourth-order valence-electron chi connectivity index (χ4n) is 3.07. The van der Waals surface area contributed by atoms with Gasteiger partial charge in [0.25, 0.3) is 0 Å². The molecule has 0 spiro atoms. The molecule has 2 aliphatic heterocycles. The van der Waals surface area contributed by atoms with Gasteiger partial charge in [-0.05, 0) is 33.2 Å². The van der Waals surface area contributed by atoms with Gasteiger partial charge in [0.1, 0.15) is 0 Å². The first-order chi connectivity index (χ1) is 8.99. The first kappa shape index (κ1) is 14.8. The number of morpholine rings is 1. The summed E-state index contributed by atoms with van der Waals surface area (Å²) in [6.07, 6.45) is 1.71. The smallest absolute Gasteiger partial charge is 0.230 e. The fourth-order valence-corrected chi connectivity index (χ4v) is 3.07. The van der Waals surface area contributed by atoms with Gasteiger partial charge in [-0.2, -0.15) is 0 Å². The molecule has 1 N–H and O–H groups in total. The van der Waals surface area contributed by atoms with Crippen molar-refractivity contribution in [2.45, 2.75) is 32.3 Å². The molecule has 0 bridgehead atoms. The zero-order valence-electron chi connectivity index (χ0n) is 12.3. The van der Waals surface area contributed by atoms with E-state index in [2.05, 4.69) is 5.32 Å². The average molecular weight is 270 g/mol. The van der Waals surface area contributed by atoms with E-state index in [0.717, 1.165) is 25.9 Å². The molecular weight excluding hydrogens is 244 g/mol. The van der Waals surface area contributed by atoms with Crippen LogP contribution in [0.1, 0.15) is 26.7 Å². The predicted molar refractivity (Wildman–Crippen MR) is 73.0 cm³/mol. The molecule has 1 atom stereocenters. The van der Waals surface area contributed by atoms with Crippen LogP contribution in [-0.2, 0) is 14.3 Å². The molecule has 1 amide bonds. The minimum absolute atomic E-state index is 0.234. The van der Waals surface area contributed by atoms with Crippen LogP contribution in [0, 0.1) is 5.41 Å². The molecule has 2 heterocycles. The Labute approximate surface area is 115 Å². The Bertz CT molecular complexity index is 325. The van der Waals surface area contributed by atoms with Gasteiger partial charge in [-0.25, -0.2) is 0 Å². The highest BCUT2D eigenvalue weighted by molar-refractivity contribution is 5.83. The van der Waals surface area contributed by atoms with Gasteiger partial charge in [0.2, 0.25) is 5.91 Å². The number of methoxy groups -OCH3 is 1. The van der Waals surface area contributed by atoms with Crippen molar-refractivity contribution in [2.24, 2.45) is 5.41 Å². The largest absolute Gasteiger partial charge is 0.385 e. The van der Waals surface area contributed by atoms with Gasteiger partial charge < -0.3 is 19.7 Å². The van der Waals surface area contributed by atoms with E-state index in [1.807, 2.05) is 18.7 Å². The highest BCUT2D eigenvalue weighted by Crippen LogP contribution is 2.33. The van der Waals surface area contributed by atoms with E-state index in [1.165, 1.54) is 0 Å². The van der Waals surface area contributed by atoms with Crippen LogP contribution in [0.25, 0.3) is 0 Å². The predicted octanol–water partition coefficient (Wildman–Crippen LogP) is 0.640. The number of hydrogen-bond acceptors (Lipinski definition) is 4. The first-order valence-corrected chi connectivity index (χ1v) is 7.12. The second kappa shape index (κ2) is 5.77.